The smallest absolute Gasteiger partial charge is 0.233 e. The van der Waals surface area contributed by atoms with Crippen molar-refractivity contribution in [2.75, 3.05) is 13.2 Å². The van der Waals surface area contributed by atoms with Gasteiger partial charge in [0.2, 0.25) is 5.88 Å². The van der Waals surface area contributed by atoms with Gasteiger partial charge in [-0.25, -0.2) is 8.78 Å². The summed E-state index contributed by atoms with van der Waals surface area (Å²) in [5, 5.41) is 13.3. The van der Waals surface area contributed by atoms with E-state index < -0.39 is 11.6 Å². The van der Waals surface area contributed by atoms with Gasteiger partial charge in [-0.05, 0) is 25.3 Å². The van der Waals surface area contributed by atoms with Crippen LogP contribution in [0.1, 0.15) is 31.0 Å². The fraction of sp³-hybridized carbons (Fsp3) is 0.438. The Morgan fingerprint density at radius 2 is 2.09 bits per heavy atom. The van der Waals surface area contributed by atoms with Crippen molar-refractivity contribution >= 4 is 0 Å². The van der Waals surface area contributed by atoms with Crippen molar-refractivity contribution in [2.45, 2.75) is 32.7 Å². The molecule has 0 unspecified atom stereocenters. The Morgan fingerprint density at radius 3 is 2.77 bits per heavy atom. The Bertz CT molecular complexity index is 614. The molecule has 1 aromatic carbocycles. The second kappa shape index (κ2) is 7.89. The number of benzene rings is 1. The van der Waals surface area contributed by atoms with Crippen molar-refractivity contribution in [2.24, 2.45) is 0 Å². The molecule has 0 saturated carbocycles. The lowest BCUT2D eigenvalue weighted by Crippen LogP contribution is -2.09. The van der Waals surface area contributed by atoms with Gasteiger partial charge in [0.1, 0.15) is 11.6 Å². The van der Waals surface area contributed by atoms with Gasteiger partial charge >= 0.3 is 0 Å². The van der Waals surface area contributed by atoms with Gasteiger partial charge in [-0.1, -0.05) is 13.0 Å². The molecule has 2 aromatic rings. The maximum atomic E-state index is 13.8. The van der Waals surface area contributed by atoms with Gasteiger partial charge in [0.05, 0.1) is 13.2 Å². The second-order valence-electron chi connectivity index (χ2n) is 5.04. The molecule has 120 valence electrons. The number of aromatic nitrogens is 2. The van der Waals surface area contributed by atoms with Crippen molar-refractivity contribution in [3.8, 4) is 5.88 Å². The Labute approximate surface area is 128 Å². The summed E-state index contributed by atoms with van der Waals surface area (Å²) in [6, 6.07) is 5.30. The third-order valence-corrected chi connectivity index (χ3v) is 3.22. The quantitative estimate of drug-likeness (QED) is 0.815. The number of nitrogens with zero attached hydrogens (tertiary/aromatic N) is 2. The molecule has 0 aliphatic carbocycles. The van der Waals surface area contributed by atoms with Crippen LogP contribution < -0.4 is 4.74 Å². The number of halogens is 2. The Kier molecular flexibility index (Phi) is 5.89. The van der Waals surface area contributed by atoms with E-state index in [1.165, 1.54) is 12.1 Å². The first kappa shape index (κ1) is 16.4. The molecule has 0 radical (unpaired) electrons. The molecule has 0 bridgehead atoms. The molecule has 0 fully saturated rings. The van der Waals surface area contributed by atoms with E-state index in [0.29, 0.717) is 30.9 Å². The average Bonchev–Trinajstić information content (AvgIpc) is 2.88. The normalized spacial score (nSPS) is 10.9. The van der Waals surface area contributed by atoms with E-state index in [1.807, 2.05) is 6.92 Å². The van der Waals surface area contributed by atoms with Crippen LogP contribution in [-0.2, 0) is 13.0 Å². The third kappa shape index (κ3) is 4.27. The molecular formula is C16H20F2N2O2. The van der Waals surface area contributed by atoms with Crippen LogP contribution in [0.4, 0.5) is 8.78 Å². The van der Waals surface area contributed by atoms with Crippen molar-refractivity contribution in [1.29, 1.82) is 0 Å². The summed E-state index contributed by atoms with van der Waals surface area (Å²) in [5.41, 5.74) is 1.21. The van der Waals surface area contributed by atoms with E-state index in [4.69, 9.17) is 9.84 Å². The fourth-order valence-corrected chi connectivity index (χ4v) is 2.12. The van der Waals surface area contributed by atoms with Crippen molar-refractivity contribution < 1.29 is 18.6 Å². The number of ether oxygens (including phenoxy) is 1. The van der Waals surface area contributed by atoms with Crippen LogP contribution in [0.3, 0.4) is 0 Å². The zero-order valence-corrected chi connectivity index (χ0v) is 12.6. The van der Waals surface area contributed by atoms with Crippen LogP contribution in [0.5, 0.6) is 5.88 Å². The van der Waals surface area contributed by atoms with Gasteiger partial charge < -0.3 is 9.84 Å². The minimum absolute atomic E-state index is 0.0707. The summed E-state index contributed by atoms with van der Waals surface area (Å²) < 4.78 is 33.9. The lowest BCUT2D eigenvalue weighted by Gasteiger charge is -2.08. The highest BCUT2D eigenvalue weighted by Crippen LogP contribution is 2.18. The van der Waals surface area contributed by atoms with Gasteiger partial charge in [0, 0.05) is 30.0 Å². The number of hydrogen-bond acceptors (Lipinski definition) is 3. The Morgan fingerprint density at radius 1 is 1.27 bits per heavy atom. The summed E-state index contributed by atoms with van der Waals surface area (Å²) in [7, 11) is 0. The highest BCUT2D eigenvalue weighted by atomic mass is 19.1. The SMILES string of the molecule is CCCOc1cc(CCCO)n(Cc2ccc(F)cc2F)n1. The molecule has 0 spiro atoms. The minimum Gasteiger partial charge on any atom is -0.477 e. The van der Waals surface area contributed by atoms with Crippen LogP contribution in [0.2, 0.25) is 0 Å². The van der Waals surface area contributed by atoms with Crippen LogP contribution >= 0.6 is 0 Å². The van der Waals surface area contributed by atoms with E-state index in [-0.39, 0.29) is 13.2 Å². The van der Waals surface area contributed by atoms with Crippen molar-refractivity contribution in [3.63, 3.8) is 0 Å². The number of rotatable bonds is 8. The van der Waals surface area contributed by atoms with E-state index in [1.54, 1.807) is 10.7 Å². The maximum absolute atomic E-state index is 13.8. The molecule has 0 saturated heterocycles. The van der Waals surface area contributed by atoms with E-state index >= 15 is 0 Å². The molecule has 22 heavy (non-hydrogen) atoms. The van der Waals surface area contributed by atoms with Gasteiger partial charge in [0.15, 0.2) is 0 Å². The molecule has 1 heterocycles. The first-order valence-electron chi connectivity index (χ1n) is 7.38. The molecule has 1 N–H and O–H groups in total. The monoisotopic (exact) mass is 310 g/mol. The molecule has 4 nitrogen and oxygen atoms in total. The Hall–Kier alpha value is -1.95. The molecule has 6 heteroatoms. The first-order chi connectivity index (χ1) is 10.6. The van der Waals surface area contributed by atoms with Crippen LogP contribution in [0, 0.1) is 11.6 Å². The fourth-order valence-electron chi connectivity index (χ4n) is 2.12. The van der Waals surface area contributed by atoms with E-state index in [2.05, 4.69) is 5.10 Å². The number of hydrogen-bond donors (Lipinski definition) is 1. The molecular weight excluding hydrogens is 290 g/mol. The zero-order chi connectivity index (χ0) is 15.9. The number of aliphatic hydroxyl groups excluding tert-OH is 1. The first-order valence-corrected chi connectivity index (χ1v) is 7.38. The van der Waals surface area contributed by atoms with E-state index in [0.717, 1.165) is 18.2 Å². The van der Waals surface area contributed by atoms with Gasteiger partial charge in [0.25, 0.3) is 0 Å². The summed E-state index contributed by atoms with van der Waals surface area (Å²) in [6.07, 6.45) is 2.07. The zero-order valence-electron chi connectivity index (χ0n) is 12.6. The summed E-state index contributed by atoms with van der Waals surface area (Å²) in [4.78, 5) is 0. The predicted octanol–water partition coefficient (Wildman–Crippen LogP) is 2.92. The predicted molar refractivity (Wildman–Crippen MR) is 78.9 cm³/mol. The minimum atomic E-state index is -0.603. The van der Waals surface area contributed by atoms with Gasteiger partial charge in [-0.2, -0.15) is 0 Å². The standard InChI is InChI=1S/C16H20F2N2O2/c1-2-8-22-16-10-14(4-3-7-21)20(19-16)11-12-5-6-13(17)9-15(12)18/h5-6,9-10,21H,2-4,7-8,11H2,1H3. The van der Waals surface area contributed by atoms with Crippen LogP contribution in [0.15, 0.2) is 24.3 Å². The van der Waals surface area contributed by atoms with Gasteiger partial charge in [-0.3, -0.25) is 4.68 Å². The molecule has 0 amide bonds. The van der Waals surface area contributed by atoms with Crippen molar-refractivity contribution in [3.05, 3.63) is 47.2 Å². The third-order valence-electron chi connectivity index (χ3n) is 3.22. The number of aryl methyl sites for hydroxylation is 1. The molecule has 2 rings (SSSR count). The lowest BCUT2D eigenvalue weighted by molar-refractivity contribution is 0.287. The molecule has 0 aliphatic heterocycles. The van der Waals surface area contributed by atoms with Crippen molar-refractivity contribution in [1.82, 2.24) is 9.78 Å². The van der Waals surface area contributed by atoms with Crippen LogP contribution in [0.25, 0.3) is 0 Å². The maximum Gasteiger partial charge on any atom is 0.233 e. The summed E-state index contributed by atoms with van der Waals surface area (Å²) in [5.74, 6) is -0.717. The molecule has 0 aliphatic rings. The largest absolute Gasteiger partial charge is 0.477 e. The highest BCUT2D eigenvalue weighted by Gasteiger charge is 2.12. The number of aliphatic hydroxyl groups is 1. The van der Waals surface area contributed by atoms with Gasteiger partial charge in [-0.15, -0.1) is 5.10 Å². The van der Waals surface area contributed by atoms with E-state index in [9.17, 15) is 8.78 Å². The lowest BCUT2D eigenvalue weighted by atomic mass is 10.2. The highest BCUT2D eigenvalue weighted by molar-refractivity contribution is 5.22. The topological polar surface area (TPSA) is 47.3 Å². The Balaban J connectivity index is 2.21. The molecule has 0 atom stereocenters. The summed E-state index contributed by atoms with van der Waals surface area (Å²) in [6.45, 7) is 2.82. The van der Waals surface area contributed by atoms with Crippen LogP contribution in [-0.4, -0.2) is 28.1 Å². The molecule has 1 aromatic heterocycles. The summed E-state index contributed by atoms with van der Waals surface area (Å²) >= 11 is 0. The second-order valence-corrected chi connectivity index (χ2v) is 5.04. The average molecular weight is 310 g/mol.